The van der Waals surface area contributed by atoms with Crippen molar-refractivity contribution in [3.05, 3.63) is 71.5 Å². The first-order valence-electron chi connectivity index (χ1n) is 10.8. The topological polar surface area (TPSA) is 76.5 Å². The molecule has 1 N–H and O–H groups in total. The molecular weight excluding hydrogens is 404 g/mol. The largest absolute Gasteiger partial charge is 0.497 e. The van der Waals surface area contributed by atoms with Gasteiger partial charge in [0.15, 0.2) is 0 Å². The van der Waals surface area contributed by atoms with Gasteiger partial charge in [0.2, 0.25) is 0 Å². The van der Waals surface area contributed by atoms with Crippen LogP contribution in [0.5, 0.6) is 5.75 Å². The molecule has 7 heteroatoms. The van der Waals surface area contributed by atoms with E-state index in [1.165, 1.54) is 0 Å². The number of Topliss-reactive ketones (excluding diaryl/α,β-unsaturated/α-hetero) is 1. The van der Waals surface area contributed by atoms with Crippen LogP contribution in [0.4, 0.5) is 5.69 Å². The number of carbonyl (C=O) groups is 2. The minimum Gasteiger partial charge on any atom is -0.497 e. The fourth-order valence-corrected chi connectivity index (χ4v) is 4.23. The Morgan fingerprint density at radius 2 is 1.62 bits per heavy atom. The summed E-state index contributed by atoms with van der Waals surface area (Å²) < 4.78 is 6.93. The maximum Gasteiger partial charge on any atom is 0.292 e. The molecule has 7 nitrogen and oxygen atoms in total. The average molecular weight is 433 g/mol. The van der Waals surface area contributed by atoms with E-state index in [0.29, 0.717) is 17.0 Å². The van der Waals surface area contributed by atoms with E-state index in [-0.39, 0.29) is 6.04 Å². The minimum absolute atomic E-state index is 0.0225. The summed E-state index contributed by atoms with van der Waals surface area (Å²) in [5.74, 6) is -0.262. The van der Waals surface area contributed by atoms with Crippen molar-refractivity contribution in [1.82, 2.24) is 15.1 Å². The lowest BCUT2D eigenvalue weighted by Crippen LogP contribution is -2.46. The van der Waals surface area contributed by atoms with Crippen molar-refractivity contribution in [2.45, 2.75) is 32.7 Å². The van der Waals surface area contributed by atoms with Gasteiger partial charge in [-0.2, -0.15) is 5.10 Å². The quantitative estimate of drug-likeness (QED) is 0.477. The number of aryl methyl sites for hydroxylation is 1. The van der Waals surface area contributed by atoms with Crippen molar-refractivity contribution in [3.8, 4) is 11.4 Å². The number of ether oxygens (including phenoxy) is 1. The number of carbonyl (C=O) groups excluding carboxylic acids is 2. The van der Waals surface area contributed by atoms with Gasteiger partial charge in [0.1, 0.15) is 5.75 Å². The molecule has 1 aliphatic heterocycles. The molecule has 166 valence electrons. The number of methoxy groups -OCH3 is 1. The number of amides is 1. The maximum absolute atomic E-state index is 13.0. The fourth-order valence-electron chi connectivity index (χ4n) is 4.23. The van der Waals surface area contributed by atoms with Crippen molar-refractivity contribution in [3.63, 3.8) is 0 Å². The molecule has 0 radical (unpaired) electrons. The average Bonchev–Trinajstić information content (AvgIpc) is 3.13. The third-order valence-electron chi connectivity index (χ3n) is 5.99. The molecule has 4 rings (SSSR count). The maximum atomic E-state index is 13.0. The molecule has 1 aromatic heterocycles. The summed E-state index contributed by atoms with van der Waals surface area (Å²) in [5, 5.41) is 7.43. The smallest absolute Gasteiger partial charge is 0.292 e. The van der Waals surface area contributed by atoms with Gasteiger partial charge in [-0.3, -0.25) is 9.59 Å². The Hall–Kier alpha value is -3.61. The fraction of sp³-hybridized carbons (Fsp3) is 0.320. The zero-order valence-corrected chi connectivity index (χ0v) is 18.7. The van der Waals surface area contributed by atoms with Crippen LogP contribution >= 0.6 is 0 Å². The Morgan fingerprint density at radius 3 is 2.25 bits per heavy atom. The van der Waals surface area contributed by atoms with Gasteiger partial charge in [-0.1, -0.05) is 18.2 Å². The first-order chi connectivity index (χ1) is 15.5. The van der Waals surface area contributed by atoms with Gasteiger partial charge in [-0.05, 0) is 63.1 Å². The van der Waals surface area contributed by atoms with Gasteiger partial charge in [-0.15, -0.1) is 0 Å². The molecule has 3 aromatic rings. The Labute approximate surface area is 188 Å². The van der Waals surface area contributed by atoms with Gasteiger partial charge in [0, 0.05) is 24.8 Å². The number of benzene rings is 2. The summed E-state index contributed by atoms with van der Waals surface area (Å²) in [4.78, 5) is 28.0. The van der Waals surface area contributed by atoms with Gasteiger partial charge in [0.25, 0.3) is 11.7 Å². The SMILES string of the molecule is COc1ccc(N2CCC(NC(=O)C(=O)c3c(C)nn(-c4ccccc4)c3C)CC2)cc1. The summed E-state index contributed by atoms with van der Waals surface area (Å²) in [6.45, 7) is 5.21. The van der Waals surface area contributed by atoms with E-state index in [0.717, 1.165) is 43.1 Å². The Morgan fingerprint density at radius 1 is 0.969 bits per heavy atom. The molecule has 0 saturated carbocycles. The number of hydrogen-bond acceptors (Lipinski definition) is 5. The second-order valence-corrected chi connectivity index (χ2v) is 8.06. The van der Waals surface area contributed by atoms with Crippen LogP contribution in [-0.2, 0) is 4.79 Å². The molecule has 0 bridgehead atoms. The number of anilines is 1. The van der Waals surface area contributed by atoms with Crippen molar-refractivity contribution in [1.29, 1.82) is 0 Å². The van der Waals surface area contributed by atoms with E-state index in [1.54, 1.807) is 18.7 Å². The standard InChI is InChI=1S/C25H28N4O3/c1-17-23(18(2)29(27-17)21-7-5-4-6-8-21)24(30)25(31)26-19-13-15-28(16-14-19)20-9-11-22(32-3)12-10-20/h4-12,19H,13-16H2,1-3H3,(H,26,31). The van der Waals surface area contributed by atoms with Crippen molar-refractivity contribution < 1.29 is 14.3 Å². The van der Waals surface area contributed by atoms with E-state index >= 15 is 0 Å². The summed E-state index contributed by atoms with van der Waals surface area (Å²) in [6, 6.07) is 17.5. The Kier molecular flexibility index (Phi) is 6.25. The molecule has 1 amide bonds. The Balaban J connectivity index is 1.38. The van der Waals surface area contributed by atoms with E-state index in [2.05, 4.69) is 15.3 Å². The van der Waals surface area contributed by atoms with Crippen LogP contribution in [-0.4, -0.2) is 47.7 Å². The van der Waals surface area contributed by atoms with Crippen molar-refractivity contribution >= 4 is 17.4 Å². The number of hydrogen-bond donors (Lipinski definition) is 1. The van der Waals surface area contributed by atoms with Crippen LogP contribution in [0, 0.1) is 13.8 Å². The summed E-state index contributed by atoms with van der Waals surface area (Å²) >= 11 is 0. The van der Waals surface area contributed by atoms with Crippen LogP contribution < -0.4 is 15.0 Å². The molecule has 1 aliphatic rings. The Bertz CT molecular complexity index is 1100. The molecular formula is C25H28N4O3. The van der Waals surface area contributed by atoms with Crippen molar-refractivity contribution in [2.24, 2.45) is 0 Å². The van der Waals surface area contributed by atoms with Crippen LogP contribution in [0.2, 0.25) is 0 Å². The number of para-hydroxylation sites is 1. The highest BCUT2D eigenvalue weighted by molar-refractivity contribution is 6.43. The highest BCUT2D eigenvalue weighted by Crippen LogP contribution is 2.23. The molecule has 32 heavy (non-hydrogen) atoms. The number of ketones is 1. The lowest BCUT2D eigenvalue weighted by Gasteiger charge is -2.33. The summed E-state index contributed by atoms with van der Waals surface area (Å²) in [6.07, 6.45) is 1.57. The minimum atomic E-state index is -0.563. The van der Waals surface area contributed by atoms with E-state index in [9.17, 15) is 9.59 Å². The number of piperidine rings is 1. The van der Waals surface area contributed by atoms with Gasteiger partial charge >= 0.3 is 0 Å². The lowest BCUT2D eigenvalue weighted by molar-refractivity contribution is -0.117. The normalized spacial score (nSPS) is 14.3. The predicted molar refractivity (Wildman–Crippen MR) is 124 cm³/mol. The second kappa shape index (κ2) is 9.26. The van der Waals surface area contributed by atoms with Crippen LogP contribution in [0.15, 0.2) is 54.6 Å². The van der Waals surface area contributed by atoms with E-state index < -0.39 is 11.7 Å². The zero-order chi connectivity index (χ0) is 22.7. The third kappa shape index (κ3) is 4.37. The molecule has 2 aromatic carbocycles. The number of rotatable bonds is 6. The van der Waals surface area contributed by atoms with Crippen LogP contribution in [0.25, 0.3) is 5.69 Å². The van der Waals surface area contributed by atoms with Gasteiger partial charge in [0.05, 0.1) is 29.7 Å². The summed E-state index contributed by atoms with van der Waals surface area (Å²) in [7, 11) is 1.65. The number of nitrogens with zero attached hydrogens (tertiary/aromatic N) is 3. The summed E-state index contributed by atoms with van der Waals surface area (Å²) in [5.41, 5.74) is 3.59. The second-order valence-electron chi connectivity index (χ2n) is 8.06. The predicted octanol–water partition coefficient (Wildman–Crippen LogP) is 3.47. The van der Waals surface area contributed by atoms with Crippen molar-refractivity contribution in [2.75, 3.05) is 25.1 Å². The van der Waals surface area contributed by atoms with Crippen LogP contribution in [0.1, 0.15) is 34.6 Å². The molecule has 2 heterocycles. The highest BCUT2D eigenvalue weighted by atomic mass is 16.5. The molecule has 0 aliphatic carbocycles. The lowest BCUT2D eigenvalue weighted by atomic mass is 10.0. The first-order valence-corrected chi connectivity index (χ1v) is 10.8. The first kappa shape index (κ1) is 21.6. The van der Waals surface area contributed by atoms with Gasteiger partial charge in [-0.25, -0.2) is 4.68 Å². The van der Waals surface area contributed by atoms with Gasteiger partial charge < -0.3 is 15.0 Å². The molecule has 0 spiro atoms. The van der Waals surface area contributed by atoms with E-state index in [1.807, 2.05) is 61.5 Å². The molecule has 0 unspecified atom stereocenters. The zero-order valence-electron chi connectivity index (χ0n) is 18.7. The highest BCUT2D eigenvalue weighted by Gasteiger charge is 2.28. The van der Waals surface area contributed by atoms with Crippen LogP contribution in [0.3, 0.4) is 0 Å². The molecule has 0 atom stereocenters. The van der Waals surface area contributed by atoms with E-state index in [4.69, 9.17) is 4.74 Å². The number of nitrogens with one attached hydrogen (secondary N) is 1. The molecule has 1 saturated heterocycles. The monoisotopic (exact) mass is 432 g/mol. The molecule has 1 fully saturated rings. The third-order valence-corrected chi connectivity index (χ3v) is 5.99. The number of aromatic nitrogens is 2.